The third-order valence-electron chi connectivity index (χ3n) is 4.69. The number of H-pyrrole nitrogens is 2. The summed E-state index contributed by atoms with van der Waals surface area (Å²) in [4.78, 5) is 32.6. The average Bonchev–Trinajstić information content (AvgIpc) is 2.97. The van der Waals surface area contributed by atoms with Crippen molar-refractivity contribution >= 4 is 11.9 Å². The quantitative estimate of drug-likeness (QED) is 0.653. The minimum Gasteiger partial charge on any atom is -0.369 e. The molecule has 1 unspecified atom stereocenters. The Hall–Kier alpha value is -3.42. The fourth-order valence-corrected chi connectivity index (χ4v) is 3.16. The molecule has 2 aromatic heterocycles. The molecule has 8 heteroatoms. The molecule has 0 spiro atoms. The average molecular weight is 366 g/mol. The maximum absolute atomic E-state index is 12.9. The van der Waals surface area contributed by atoms with Crippen molar-refractivity contribution in [3.05, 3.63) is 63.2 Å². The molecule has 3 rings (SSSR count). The molecule has 140 valence electrons. The van der Waals surface area contributed by atoms with Crippen molar-refractivity contribution in [1.82, 2.24) is 25.1 Å². The summed E-state index contributed by atoms with van der Waals surface area (Å²) in [5.74, 6) is -0.0514. The topological polar surface area (TPSA) is 121 Å². The Bertz CT molecular complexity index is 1020. The van der Waals surface area contributed by atoms with Gasteiger partial charge in [-0.05, 0) is 32.9 Å². The maximum Gasteiger partial charge on any atom is 0.254 e. The highest BCUT2D eigenvalue weighted by molar-refractivity contribution is 5.94. The standard InChI is InChI=1S/C19H22N6O2/c1-10-17(11(2)24-23-10)12(3)25(4)18(27)14-7-5-13(6-8-14)15-9-16(26)22-19(20)21-15/h5-9,12H,1-4H3,(H,23,24)(H3,20,21,22,26). The van der Waals surface area contributed by atoms with Crippen molar-refractivity contribution in [2.75, 3.05) is 12.8 Å². The zero-order chi connectivity index (χ0) is 19.7. The van der Waals surface area contributed by atoms with Crippen LogP contribution in [-0.4, -0.2) is 38.0 Å². The van der Waals surface area contributed by atoms with Gasteiger partial charge >= 0.3 is 0 Å². The first-order valence-electron chi connectivity index (χ1n) is 8.54. The summed E-state index contributed by atoms with van der Waals surface area (Å²) in [5.41, 5.74) is 9.83. The van der Waals surface area contributed by atoms with Gasteiger partial charge in [-0.25, -0.2) is 4.98 Å². The molecule has 4 N–H and O–H groups in total. The van der Waals surface area contributed by atoms with Crippen LogP contribution in [0.1, 0.15) is 40.3 Å². The molecule has 1 aromatic carbocycles. The molecular weight excluding hydrogens is 344 g/mol. The van der Waals surface area contributed by atoms with E-state index < -0.39 is 0 Å². The highest BCUT2D eigenvalue weighted by Gasteiger charge is 2.23. The molecule has 3 aromatic rings. The summed E-state index contributed by atoms with van der Waals surface area (Å²) in [6, 6.07) is 8.18. The molecule has 0 fully saturated rings. The molecule has 2 heterocycles. The molecule has 0 radical (unpaired) electrons. The van der Waals surface area contributed by atoms with Gasteiger partial charge in [0, 0.05) is 35.5 Å². The van der Waals surface area contributed by atoms with Crippen LogP contribution >= 0.6 is 0 Å². The number of aryl methyl sites for hydroxylation is 2. The third-order valence-corrected chi connectivity index (χ3v) is 4.69. The number of hydrogen-bond donors (Lipinski definition) is 3. The van der Waals surface area contributed by atoms with Crippen LogP contribution in [0.15, 0.2) is 35.1 Å². The minimum atomic E-state index is -0.322. The van der Waals surface area contributed by atoms with E-state index in [4.69, 9.17) is 5.73 Å². The fraction of sp³-hybridized carbons (Fsp3) is 0.263. The summed E-state index contributed by atoms with van der Waals surface area (Å²) in [6.45, 7) is 5.84. The number of anilines is 1. The first kappa shape index (κ1) is 18.4. The normalized spacial score (nSPS) is 12.0. The maximum atomic E-state index is 12.9. The highest BCUT2D eigenvalue weighted by atomic mass is 16.2. The predicted octanol–water partition coefficient (Wildman–Crippen LogP) is 2.19. The van der Waals surface area contributed by atoms with Crippen molar-refractivity contribution in [1.29, 1.82) is 0 Å². The second-order valence-electron chi connectivity index (χ2n) is 6.53. The van der Waals surface area contributed by atoms with E-state index in [-0.39, 0.29) is 23.5 Å². The van der Waals surface area contributed by atoms with Crippen molar-refractivity contribution in [2.45, 2.75) is 26.8 Å². The van der Waals surface area contributed by atoms with Crippen molar-refractivity contribution in [3.63, 3.8) is 0 Å². The first-order valence-corrected chi connectivity index (χ1v) is 8.54. The molecular formula is C19H22N6O2. The number of carbonyl (C=O) groups excluding carboxylic acids is 1. The predicted molar refractivity (Wildman–Crippen MR) is 103 cm³/mol. The molecule has 1 amide bonds. The molecule has 8 nitrogen and oxygen atoms in total. The van der Waals surface area contributed by atoms with Gasteiger partial charge in [-0.3, -0.25) is 19.7 Å². The molecule has 0 bridgehead atoms. The van der Waals surface area contributed by atoms with Crippen LogP contribution in [0.4, 0.5) is 5.95 Å². The number of nitrogens with zero attached hydrogens (tertiary/aromatic N) is 3. The Morgan fingerprint density at radius 3 is 2.44 bits per heavy atom. The van der Waals surface area contributed by atoms with Gasteiger partial charge < -0.3 is 10.6 Å². The fourth-order valence-electron chi connectivity index (χ4n) is 3.16. The number of carbonyl (C=O) groups is 1. The van der Waals surface area contributed by atoms with E-state index in [0.717, 1.165) is 17.0 Å². The van der Waals surface area contributed by atoms with Crippen molar-refractivity contribution in [2.24, 2.45) is 0 Å². The van der Waals surface area contributed by atoms with E-state index >= 15 is 0 Å². The Morgan fingerprint density at radius 2 is 1.89 bits per heavy atom. The summed E-state index contributed by atoms with van der Waals surface area (Å²) in [6.07, 6.45) is 0. The van der Waals surface area contributed by atoms with Gasteiger partial charge in [-0.15, -0.1) is 0 Å². The largest absolute Gasteiger partial charge is 0.369 e. The minimum absolute atomic E-state index is 0.0528. The molecule has 0 aliphatic rings. The molecule has 1 atom stereocenters. The lowest BCUT2D eigenvalue weighted by atomic mass is 10.0. The van der Waals surface area contributed by atoms with E-state index in [1.807, 2.05) is 20.8 Å². The lowest BCUT2D eigenvalue weighted by Gasteiger charge is -2.25. The molecule has 0 saturated carbocycles. The summed E-state index contributed by atoms with van der Waals surface area (Å²) in [5, 5.41) is 7.16. The van der Waals surface area contributed by atoms with Gasteiger partial charge in [0.05, 0.1) is 17.4 Å². The number of amides is 1. The molecule has 0 aliphatic carbocycles. The monoisotopic (exact) mass is 366 g/mol. The summed E-state index contributed by atoms with van der Waals surface area (Å²) < 4.78 is 0. The number of nitrogen functional groups attached to an aromatic ring is 1. The number of hydrogen-bond acceptors (Lipinski definition) is 5. The Morgan fingerprint density at radius 1 is 1.22 bits per heavy atom. The zero-order valence-corrected chi connectivity index (χ0v) is 15.7. The lowest BCUT2D eigenvalue weighted by Crippen LogP contribution is -2.30. The SMILES string of the molecule is Cc1n[nH]c(C)c1C(C)N(C)C(=O)c1ccc(-c2cc(=O)[nH]c(N)n2)cc1. The van der Waals surface area contributed by atoms with Gasteiger partial charge in [-0.1, -0.05) is 12.1 Å². The van der Waals surface area contributed by atoms with Crippen LogP contribution in [0.3, 0.4) is 0 Å². The van der Waals surface area contributed by atoms with E-state index in [1.165, 1.54) is 6.07 Å². The van der Waals surface area contributed by atoms with Crippen molar-refractivity contribution in [3.8, 4) is 11.3 Å². The van der Waals surface area contributed by atoms with E-state index in [1.54, 1.807) is 36.2 Å². The molecule has 0 aliphatic heterocycles. The smallest absolute Gasteiger partial charge is 0.254 e. The first-order chi connectivity index (χ1) is 12.8. The number of aromatic amines is 2. The van der Waals surface area contributed by atoms with Gasteiger partial charge in [-0.2, -0.15) is 5.10 Å². The second kappa shape index (κ2) is 7.06. The second-order valence-corrected chi connectivity index (χ2v) is 6.53. The van der Waals surface area contributed by atoms with Crippen LogP contribution in [0.5, 0.6) is 0 Å². The third kappa shape index (κ3) is 3.59. The Kier molecular flexibility index (Phi) is 4.81. The summed E-state index contributed by atoms with van der Waals surface area (Å²) >= 11 is 0. The van der Waals surface area contributed by atoms with Crippen LogP contribution in [-0.2, 0) is 0 Å². The van der Waals surface area contributed by atoms with Gasteiger partial charge in [0.25, 0.3) is 11.5 Å². The van der Waals surface area contributed by atoms with Gasteiger partial charge in [0.2, 0.25) is 5.95 Å². The van der Waals surface area contributed by atoms with Crippen LogP contribution in [0.2, 0.25) is 0 Å². The number of rotatable bonds is 4. The van der Waals surface area contributed by atoms with Gasteiger partial charge in [0.15, 0.2) is 0 Å². The van der Waals surface area contributed by atoms with Crippen LogP contribution < -0.4 is 11.3 Å². The number of nitrogens with one attached hydrogen (secondary N) is 2. The van der Waals surface area contributed by atoms with Crippen LogP contribution in [0, 0.1) is 13.8 Å². The Balaban J connectivity index is 1.84. The summed E-state index contributed by atoms with van der Waals surface area (Å²) in [7, 11) is 1.77. The lowest BCUT2D eigenvalue weighted by molar-refractivity contribution is 0.0742. The van der Waals surface area contributed by atoms with E-state index in [0.29, 0.717) is 16.8 Å². The van der Waals surface area contributed by atoms with E-state index in [9.17, 15) is 9.59 Å². The zero-order valence-electron chi connectivity index (χ0n) is 15.7. The highest BCUT2D eigenvalue weighted by Crippen LogP contribution is 2.26. The van der Waals surface area contributed by atoms with Crippen molar-refractivity contribution < 1.29 is 4.79 Å². The number of benzene rings is 1. The van der Waals surface area contributed by atoms with Gasteiger partial charge in [0.1, 0.15) is 0 Å². The van der Waals surface area contributed by atoms with Crippen LogP contribution in [0.25, 0.3) is 11.3 Å². The number of nitrogens with two attached hydrogens (primary N) is 1. The van der Waals surface area contributed by atoms with E-state index in [2.05, 4.69) is 20.2 Å². The molecule has 27 heavy (non-hydrogen) atoms. The Labute approximate surface area is 156 Å². The number of aromatic nitrogens is 4. The molecule has 0 saturated heterocycles.